The number of nitrogens with zero attached hydrogens (tertiary/aromatic N) is 2. The van der Waals surface area contributed by atoms with E-state index in [0.29, 0.717) is 0 Å². The van der Waals surface area contributed by atoms with E-state index in [4.69, 9.17) is 0 Å². The highest BCUT2D eigenvalue weighted by Crippen LogP contribution is 2.33. The van der Waals surface area contributed by atoms with Crippen LogP contribution < -0.4 is 0 Å². The van der Waals surface area contributed by atoms with Crippen molar-refractivity contribution in [3.05, 3.63) is 83.9 Å². The van der Waals surface area contributed by atoms with E-state index in [9.17, 15) is 0 Å². The summed E-state index contributed by atoms with van der Waals surface area (Å²) in [7, 11) is 2.21. The van der Waals surface area contributed by atoms with Crippen molar-refractivity contribution in [2.24, 2.45) is 11.8 Å². The molecule has 2 aromatic carbocycles. The van der Waals surface area contributed by atoms with Gasteiger partial charge in [-0.15, -0.1) is 0 Å². The molecule has 1 saturated carbocycles. The van der Waals surface area contributed by atoms with Crippen LogP contribution in [0.2, 0.25) is 0 Å². The lowest BCUT2D eigenvalue weighted by atomic mass is 9.90. The van der Waals surface area contributed by atoms with Crippen LogP contribution >= 0.6 is 0 Å². The monoisotopic (exact) mass is 486 g/mol. The molecule has 2 nitrogen and oxygen atoms in total. The lowest BCUT2D eigenvalue weighted by molar-refractivity contribution is 0.255. The van der Waals surface area contributed by atoms with Crippen molar-refractivity contribution in [2.45, 2.75) is 76.5 Å². The highest BCUT2D eigenvalue weighted by molar-refractivity contribution is 5.21. The first kappa shape index (κ1) is 27.1. The van der Waals surface area contributed by atoms with Gasteiger partial charge in [0, 0.05) is 6.54 Å². The average molecular weight is 487 g/mol. The minimum atomic E-state index is 0.758. The van der Waals surface area contributed by atoms with Crippen molar-refractivity contribution in [1.29, 1.82) is 0 Å². The minimum Gasteiger partial charge on any atom is -0.306 e. The molecule has 3 fully saturated rings. The number of benzene rings is 2. The molecule has 3 aliphatic rings. The standard InChI is InChI=1S/C22H33N.C12H17N/c1-18-10-11-19(2)16-20(15-18)7-6-13-23-14-12-22(17-23)21-8-4-3-5-9-21;1-13-9-7-12(8-10-13)11-5-3-2-4-6-11/h3-5,8-9,19-20,22H,1,6-7,10-17H2,2H3;2-6,12H,7-10H2,1H3/t19?,20?,22-;/m1./s1. The Balaban J connectivity index is 0.000000197. The maximum absolute atomic E-state index is 4.28. The maximum atomic E-state index is 4.28. The van der Waals surface area contributed by atoms with Crippen molar-refractivity contribution in [3.8, 4) is 0 Å². The van der Waals surface area contributed by atoms with Crippen LogP contribution in [0.5, 0.6) is 0 Å². The second kappa shape index (κ2) is 14.1. The summed E-state index contributed by atoms with van der Waals surface area (Å²) in [5, 5.41) is 0. The molecule has 0 N–H and O–H groups in total. The smallest absolute Gasteiger partial charge is 0.00507 e. The quantitative estimate of drug-likeness (QED) is 0.300. The predicted molar refractivity (Wildman–Crippen MR) is 156 cm³/mol. The molecule has 2 heteroatoms. The second-order valence-electron chi connectivity index (χ2n) is 12.0. The lowest BCUT2D eigenvalue weighted by Gasteiger charge is -2.29. The van der Waals surface area contributed by atoms with Gasteiger partial charge in [-0.05, 0) is 126 Å². The van der Waals surface area contributed by atoms with Crippen LogP contribution in [0.4, 0.5) is 0 Å². The number of hydrogen-bond donors (Lipinski definition) is 0. The second-order valence-corrected chi connectivity index (χ2v) is 12.0. The Bertz CT molecular complexity index is 884. The molecule has 2 unspecified atom stereocenters. The Hall–Kier alpha value is -1.90. The van der Waals surface area contributed by atoms with Crippen LogP contribution in [-0.2, 0) is 0 Å². The van der Waals surface area contributed by atoms with Crippen LogP contribution in [0.25, 0.3) is 0 Å². The van der Waals surface area contributed by atoms with Crippen molar-refractivity contribution in [1.82, 2.24) is 9.80 Å². The van der Waals surface area contributed by atoms with E-state index in [0.717, 1.165) is 23.7 Å². The van der Waals surface area contributed by atoms with Gasteiger partial charge in [0.15, 0.2) is 0 Å². The molecule has 2 saturated heterocycles. The molecule has 1 aliphatic carbocycles. The van der Waals surface area contributed by atoms with E-state index < -0.39 is 0 Å². The van der Waals surface area contributed by atoms with Gasteiger partial charge in [-0.1, -0.05) is 79.7 Å². The third kappa shape index (κ3) is 8.60. The van der Waals surface area contributed by atoms with Gasteiger partial charge < -0.3 is 9.80 Å². The summed E-state index contributed by atoms with van der Waals surface area (Å²) >= 11 is 0. The minimum absolute atomic E-state index is 0.758. The molecule has 3 atom stereocenters. The Kier molecular flexibility index (Phi) is 10.7. The Morgan fingerprint density at radius 2 is 1.42 bits per heavy atom. The Labute approximate surface area is 221 Å². The van der Waals surface area contributed by atoms with Crippen molar-refractivity contribution >= 4 is 0 Å². The molecule has 0 aromatic heterocycles. The van der Waals surface area contributed by atoms with Gasteiger partial charge in [-0.3, -0.25) is 0 Å². The molecule has 36 heavy (non-hydrogen) atoms. The van der Waals surface area contributed by atoms with Gasteiger partial charge in [0.2, 0.25) is 0 Å². The fourth-order valence-corrected chi connectivity index (χ4v) is 6.65. The summed E-state index contributed by atoms with van der Waals surface area (Å²) in [5.41, 5.74) is 4.56. The summed E-state index contributed by atoms with van der Waals surface area (Å²) in [4.78, 5) is 5.10. The van der Waals surface area contributed by atoms with Gasteiger partial charge in [-0.25, -0.2) is 0 Å². The summed E-state index contributed by atoms with van der Waals surface area (Å²) in [6, 6.07) is 22.0. The third-order valence-electron chi connectivity index (χ3n) is 8.92. The van der Waals surface area contributed by atoms with E-state index in [1.54, 1.807) is 0 Å². The summed E-state index contributed by atoms with van der Waals surface area (Å²) in [6.45, 7) is 13.0. The molecule has 2 aliphatic heterocycles. The average Bonchev–Trinajstić information content (AvgIpc) is 3.31. The third-order valence-corrected chi connectivity index (χ3v) is 8.92. The molecule has 0 bridgehead atoms. The topological polar surface area (TPSA) is 6.48 Å². The molecule has 2 heterocycles. The van der Waals surface area contributed by atoms with E-state index >= 15 is 0 Å². The number of piperidine rings is 1. The first-order chi connectivity index (χ1) is 17.6. The first-order valence-corrected chi connectivity index (χ1v) is 14.7. The van der Waals surface area contributed by atoms with Crippen LogP contribution in [-0.4, -0.2) is 49.6 Å². The zero-order chi connectivity index (χ0) is 25.2. The molecule has 0 amide bonds. The predicted octanol–water partition coefficient (Wildman–Crippen LogP) is 8.13. The van der Waals surface area contributed by atoms with E-state index in [2.05, 4.69) is 91.0 Å². The Morgan fingerprint density at radius 1 is 0.806 bits per heavy atom. The molecule has 196 valence electrons. The zero-order valence-corrected chi connectivity index (χ0v) is 23.1. The van der Waals surface area contributed by atoms with Gasteiger partial charge in [0.1, 0.15) is 0 Å². The van der Waals surface area contributed by atoms with Crippen molar-refractivity contribution in [2.75, 3.05) is 39.8 Å². The molecule has 5 rings (SSSR count). The van der Waals surface area contributed by atoms with Crippen molar-refractivity contribution < 1.29 is 0 Å². The molecule has 2 aromatic rings. The number of likely N-dealkylation sites (tertiary alicyclic amines) is 2. The Morgan fingerprint density at radius 3 is 2.08 bits per heavy atom. The van der Waals surface area contributed by atoms with Crippen LogP contribution in [0.1, 0.15) is 87.7 Å². The summed E-state index contributed by atoms with van der Waals surface area (Å²) in [5.74, 6) is 3.35. The SMILES string of the molecule is C=C1CCC(C)CC(CCCN2CC[C@@H](c3ccccc3)C2)C1.CN1CCC(c2ccccc2)CC1. The van der Waals surface area contributed by atoms with E-state index in [-0.39, 0.29) is 0 Å². The zero-order valence-electron chi connectivity index (χ0n) is 23.1. The molecule has 0 spiro atoms. The lowest BCUT2D eigenvalue weighted by Crippen LogP contribution is -2.29. The fourth-order valence-electron chi connectivity index (χ4n) is 6.65. The normalized spacial score (nSPS) is 26.3. The first-order valence-electron chi connectivity index (χ1n) is 14.7. The van der Waals surface area contributed by atoms with Gasteiger partial charge in [-0.2, -0.15) is 0 Å². The van der Waals surface area contributed by atoms with E-state index in [1.807, 2.05) is 0 Å². The fraction of sp³-hybridized carbons (Fsp3) is 0.588. The highest BCUT2D eigenvalue weighted by Gasteiger charge is 2.24. The van der Waals surface area contributed by atoms with Gasteiger partial charge in [0.05, 0.1) is 0 Å². The summed E-state index contributed by atoms with van der Waals surface area (Å²) in [6.07, 6.45) is 12.1. The van der Waals surface area contributed by atoms with Gasteiger partial charge >= 0.3 is 0 Å². The largest absolute Gasteiger partial charge is 0.306 e. The molecular weight excluding hydrogens is 436 g/mol. The number of rotatable bonds is 6. The van der Waals surface area contributed by atoms with Gasteiger partial charge in [0.25, 0.3) is 0 Å². The maximum Gasteiger partial charge on any atom is 0.00507 e. The highest BCUT2D eigenvalue weighted by atomic mass is 15.1. The van der Waals surface area contributed by atoms with Crippen LogP contribution in [0.3, 0.4) is 0 Å². The van der Waals surface area contributed by atoms with Crippen LogP contribution in [0, 0.1) is 11.8 Å². The molecular formula is C34H50N2. The number of allylic oxidation sites excluding steroid dienone is 1. The molecule has 0 radical (unpaired) electrons. The van der Waals surface area contributed by atoms with Crippen molar-refractivity contribution in [3.63, 3.8) is 0 Å². The summed E-state index contributed by atoms with van der Waals surface area (Å²) < 4.78 is 0. The van der Waals surface area contributed by atoms with Crippen LogP contribution in [0.15, 0.2) is 72.8 Å². The van der Waals surface area contributed by atoms with E-state index in [1.165, 1.54) is 107 Å². The number of hydrogen-bond acceptors (Lipinski definition) is 2.